The number of carbonyl (C=O) groups excluding carboxylic acids is 1. The molecule has 0 N–H and O–H groups in total. The van der Waals surface area contributed by atoms with E-state index in [2.05, 4.69) is 24.3 Å². The van der Waals surface area contributed by atoms with Crippen LogP contribution in [0.4, 0.5) is 0 Å². The number of nitrogens with zero attached hydrogens (tertiary/aromatic N) is 1. The van der Waals surface area contributed by atoms with Crippen molar-refractivity contribution in [3.8, 4) is 11.1 Å². The van der Waals surface area contributed by atoms with Crippen molar-refractivity contribution in [1.82, 2.24) is 0 Å². The van der Waals surface area contributed by atoms with Crippen molar-refractivity contribution >= 4 is 6.29 Å². The smallest absolute Gasteiger partial charge is 0.204 e. The summed E-state index contributed by atoms with van der Waals surface area (Å²) in [5.74, 6) is 0. The van der Waals surface area contributed by atoms with Gasteiger partial charge in [-0.25, -0.2) is 0 Å². The van der Waals surface area contributed by atoms with Gasteiger partial charge in [-0.3, -0.25) is 4.79 Å². The lowest BCUT2D eigenvalue weighted by atomic mass is 10.0. The average molecular weight is 226 g/mol. The van der Waals surface area contributed by atoms with Gasteiger partial charge in [0.25, 0.3) is 0 Å². The third-order valence-electron chi connectivity index (χ3n) is 2.94. The zero-order valence-corrected chi connectivity index (χ0v) is 10.2. The normalized spacial score (nSPS) is 10.2. The maximum absolute atomic E-state index is 10.6. The minimum Gasteiger partial charge on any atom is -0.296 e. The first-order chi connectivity index (χ1) is 8.22. The van der Waals surface area contributed by atoms with Gasteiger partial charge in [-0.05, 0) is 11.1 Å². The maximum atomic E-state index is 10.6. The SMILES string of the molecule is Cc1cc(-c2ccccc2)cc(C)[n+]1CC=O. The first kappa shape index (κ1) is 11.5. The van der Waals surface area contributed by atoms with Gasteiger partial charge in [-0.2, -0.15) is 4.57 Å². The van der Waals surface area contributed by atoms with E-state index in [-0.39, 0.29) is 0 Å². The molecule has 1 heterocycles. The summed E-state index contributed by atoms with van der Waals surface area (Å²) in [4.78, 5) is 10.6. The fourth-order valence-electron chi connectivity index (χ4n) is 2.09. The molecule has 1 aromatic heterocycles. The second-order valence-corrected chi connectivity index (χ2v) is 4.17. The molecule has 0 unspecified atom stereocenters. The van der Waals surface area contributed by atoms with Crippen molar-refractivity contribution in [3.05, 3.63) is 53.9 Å². The molecule has 0 aliphatic heterocycles. The van der Waals surface area contributed by atoms with Crippen molar-refractivity contribution in [1.29, 1.82) is 0 Å². The number of aryl methyl sites for hydroxylation is 2. The van der Waals surface area contributed by atoms with Crippen LogP contribution in [0.25, 0.3) is 11.1 Å². The molecule has 0 amide bonds. The summed E-state index contributed by atoms with van der Waals surface area (Å²) in [5, 5.41) is 0. The van der Waals surface area contributed by atoms with Gasteiger partial charge in [0, 0.05) is 26.0 Å². The van der Waals surface area contributed by atoms with Crippen LogP contribution in [0.1, 0.15) is 11.4 Å². The summed E-state index contributed by atoms with van der Waals surface area (Å²) in [6.45, 7) is 4.48. The Balaban J connectivity index is 2.49. The quantitative estimate of drug-likeness (QED) is 0.581. The minimum atomic E-state index is 0.423. The predicted octanol–water partition coefficient (Wildman–Crippen LogP) is 2.46. The number of hydrogen-bond donors (Lipinski definition) is 0. The highest BCUT2D eigenvalue weighted by molar-refractivity contribution is 5.63. The lowest BCUT2D eigenvalue weighted by Gasteiger charge is -2.05. The van der Waals surface area contributed by atoms with Crippen molar-refractivity contribution in [3.63, 3.8) is 0 Å². The molecule has 0 spiro atoms. The summed E-state index contributed by atoms with van der Waals surface area (Å²) >= 11 is 0. The third kappa shape index (κ3) is 2.41. The van der Waals surface area contributed by atoms with Crippen LogP contribution in [0, 0.1) is 13.8 Å². The van der Waals surface area contributed by atoms with E-state index in [1.54, 1.807) is 0 Å². The Morgan fingerprint density at radius 2 is 1.59 bits per heavy atom. The molecule has 0 aliphatic carbocycles. The second-order valence-electron chi connectivity index (χ2n) is 4.17. The molecule has 86 valence electrons. The van der Waals surface area contributed by atoms with E-state index in [1.807, 2.05) is 36.6 Å². The number of benzene rings is 1. The van der Waals surface area contributed by atoms with E-state index in [4.69, 9.17) is 0 Å². The van der Waals surface area contributed by atoms with E-state index >= 15 is 0 Å². The molecule has 17 heavy (non-hydrogen) atoms. The monoisotopic (exact) mass is 226 g/mol. The van der Waals surface area contributed by atoms with Crippen LogP contribution in [-0.4, -0.2) is 6.29 Å². The molecule has 0 saturated heterocycles. The Hall–Kier alpha value is -1.96. The Morgan fingerprint density at radius 3 is 2.12 bits per heavy atom. The molecule has 2 heteroatoms. The van der Waals surface area contributed by atoms with Gasteiger partial charge in [-0.15, -0.1) is 0 Å². The lowest BCUT2D eigenvalue weighted by Crippen LogP contribution is -2.41. The van der Waals surface area contributed by atoms with Crippen molar-refractivity contribution in [2.45, 2.75) is 20.4 Å². The molecular formula is C15H16NO+. The number of aromatic nitrogens is 1. The maximum Gasteiger partial charge on any atom is 0.204 e. The minimum absolute atomic E-state index is 0.423. The van der Waals surface area contributed by atoms with Gasteiger partial charge >= 0.3 is 0 Å². The highest BCUT2D eigenvalue weighted by Crippen LogP contribution is 2.19. The molecule has 2 nitrogen and oxygen atoms in total. The van der Waals surface area contributed by atoms with Crippen LogP contribution < -0.4 is 4.57 Å². The molecule has 0 fully saturated rings. The molecule has 0 aliphatic rings. The van der Waals surface area contributed by atoms with Crippen molar-refractivity contribution < 1.29 is 9.36 Å². The van der Waals surface area contributed by atoms with E-state index in [0.717, 1.165) is 17.7 Å². The summed E-state index contributed by atoms with van der Waals surface area (Å²) in [6, 6.07) is 14.5. The van der Waals surface area contributed by atoms with Crippen LogP contribution in [-0.2, 0) is 11.3 Å². The summed E-state index contributed by atoms with van der Waals surface area (Å²) in [5.41, 5.74) is 4.62. The third-order valence-corrected chi connectivity index (χ3v) is 2.94. The van der Waals surface area contributed by atoms with Crippen LogP contribution >= 0.6 is 0 Å². The number of carbonyl (C=O) groups is 1. The highest BCUT2D eigenvalue weighted by Gasteiger charge is 2.12. The number of aldehydes is 1. The Kier molecular flexibility index (Phi) is 3.33. The summed E-state index contributed by atoms with van der Waals surface area (Å²) in [6.07, 6.45) is 0.933. The van der Waals surface area contributed by atoms with Crippen molar-refractivity contribution in [2.24, 2.45) is 0 Å². The Labute approximate surface area is 102 Å². The molecule has 0 saturated carbocycles. The van der Waals surface area contributed by atoms with Crippen LogP contribution in [0.3, 0.4) is 0 Å². The number of pyridine rings is 1. The number of hydrogen-bond acceptors (Lipinski definition) is 1. The standard InChI is InChI=1S/C15H16NO/c1-12-10-15(14-6-4-3-5-7-14)11-13(2)16(12)8-9-17/h3-7,9-11H,8H2,1-2H3/q+1. The van der Waals surface area contributed by atoms with Crippen LogP contribution in [0.5, 0.6) is 0 Å². The van der Waals surface area contributed by atoms with Gasteiger partial charge in [-0.1, -0.05) is 30.3 Å². The van der Waals surface area contributed by atoms with Gasteiger partial charge in [0.2, 0.25) is 6.54 Å². The van der Waals surface area contributed by atoms with Gasteiger partial charge in [0.05, 0.1) is 0 Å². The van der Waals surface area contributed by atoms with Gasteiger partial charge in [0.15, 0.2) is 17.7 Å². The zero-order valence-electron chi connectivity index (χ0n) is 10.2. The molecule has 2 rings (SSSR count). The van der Waals surface area contributed by atoms with Gasteiger partial charge in [0.1, 0.15) is 0 Å². The number of rotatable bonds is 3. The Bertz CT molecular complexity index is 509. The molecule has 0 bridgehead atoms. The largest absolute Gasteiger partial charge is 0.296 e. The lowest BCUT2D eigenvalue weighted by molar-refractivity contribution is -0.694. The van der Waals surface area contributed by atoms with E-state index in [1.165, 1.54) is 11.1 Å². The zero-order chi connectivity index (χ0) is 12.3. The summed E-state index contributed by atoms with van der Waals surface area (Å²) < 4.78 is 2.01. The van der Waals surface area contributed by atoms with Crippen LogP contribution in [0.2, 0.25) is 0 Å². The summed E-state index contributed by atoms with van der Waals surface area (Å²) in [7, 11) is 0. The topological polar surface area (TPSA) is 20.9 Å². The molecule has 1 aromatic carbocycles. The molecular weight excluding hydrogens is 210 g/mol. The van der Waals surface area contributed by atoms with Crippen LogP contribution in [0.15, 0.2) is 42.5 Å². The molecule has 0 atom stereocenters. The van der Waals surface area contributed by atoms with E-state index < -0.39 is 0 Å². The molecule has 0 radical (unpaired) electrons. The first-order valence-corrected chi connectivity index (χ1v) is 5.72. The predicted molar refractivity (Wildman–Crippen MR) is 67.6 cm³/mol. The fraction of sp³-hybridized carbons (Fsp3) is 0.200. The van der Waals surface area contributed by atoms with Crippen molar-refractivity contribution in [2.75, 3.05) is 0 Å². The Morgan fingerprint density at radius 1 is 1.00 bits per heavy atom. The molecule has 2 aromatic rings. The van der Waals surface area contributed by atoms with Gasteiger partial charge < -0.3 is 0 Å². The average Bonchev–Trinajstić information content (AvgIpc) is 2.35. The second kappa shape index (κ2) is 4.91. The highest BCUT2D eigenvalue weighted by atomic mass is 16.1. The first-order valence-electron chi connectivity index (χ1n) is 5.72. The van der Waals surface area contributed by atoms with E-state index in [9.17, 15) is 4.79 Å². The van der Waals surface area contributed by atoms with E-state index in [0.29, 0.717) is 6.54 Å². The fourth-order valence-corrected chi connectivity index (χ4v) is 2.09.